The summed E-state index contributed by atoms with van der Waals surface area (Å²) in [4.78, 5) is 16.7. The standard InChI is InChI=1S/C18H27NO2/c1-4-16(18(20)21-5-2)14-9-11-15(12-10-14)17-8-6-7-13(3)19-17/h6-8,14-16H,4-5,9-12H2,1-3H3. The lowest BCUT2D eigenvalue weighted by atomic mass is 9.74. The van der Waals surface area contributed by atoms with Crippen molar-refractivity contribution in [3.05, 3.63) is 29.6 Å². The number of aromatic nitrogens is 1. The van der Waals surface area contributed by atoms with Crippen molar-refractivity contribution < 1.29 is 9.53 Å². The third-order valence-electron chi connectivity index (χ3n) is 4.70. The van der Waals surface area contributed by atoms with Crippen LogP contribution in [0.25, 0.3) is 0 Å². The minimum absolute atomic E-state index is 0.00266. The van der Waals surface area contributed by atoms with Crippen LogP contribution in [0.5, 0.6) is 0 Å². The van der Waals surface area contributed by atoms with Gasteiger partial charge < -0.3 is 4.74 Å². The van der Waals surface area contributed by atoms with E-state index in [0.29, 0.717) is 18.4 Å². The second kappa shape index (κ2) is 7.58. The van der Waals surface area contributed by atoms with Gasteiger partial charge in [0.1, 0.15) is 0 Å². The van der Waals surface area contributed by atoms with Gasteiger partial charge in [-0.05, 0) is 64.0 Å². The lowest BCUT2D eigenvalue weighted by molar-refractivity contribution is -0.150. The number of hydrogen-bond donors (Lipinski definition) is 0. The van der Waals surface area contributed by atoms with Crippen molar-refractivity contribution in [1.29, 1.82) is 0 Å². The van der Waals surface area contributed by atoms with Crippen LogP contribution >= 0.6 is 0 Å². The first-order valence-corrected chi connectivity index (χ1v) is 8.25. The van der Waals surface area contributed by atoms with E-state index in [0.717, 1.165) is 37.8 Å². The Kier molecular flexibility index (Phi) is 5.77. The monoisotopic (exact) mass is 289 g/mol. The molecule has 1 aliphatic carbocycles. The molecule has 0 amide bonds. The molecule has 0 spiro atoms. The summed E-state index contributed by atoms with van der Waals surface area (Å²) < 4.78 is 5.22. The number of ether oxygens (including phenoxy) is 1. The highest BCUT2D eigenvalue weighted by molar-refractivity contribution is 5.72. The molecule has 1 saturated carbocycles. The third kappa shape index (κ3) is 4.05. The van der Waals surface area contributed by atoms with Gasteiger partial charge in [0.2, 0.25) is 0 Å². The number of hydrogen-bond acceptors (Lipinski definition) is 3. The smallest absolute Gasteiger partial charge is 0.309 e. The van der Waals surface area contributed by atoms with Crippen molar-refractivity contribution in [3.63, 3.8) is 0 Å². The molecule has 0 aliphatic heterocycles. The van der Waals surface area contributed by atoms with Gasteiger partial charge in [0.25, 0.3) is 0 Å². The summed E-state index contributed by atoms with van der Waals surface area (Å²) in [5.41, 5.74) is 2.31. The first-order chi connectivity index (χ1) is 10.2. The average Bonchev–Trinajstić information content (AvgIpc) is 2.49. The van der Waals surface area contributed by atoms with Crippen molar-refractivity contribution >= 4 is 5.97 Å². The number of rotatable bonds is 5. The Balaban J connectivity index is 1.94. The van der Waals surface area contributed by atoms with E-state index in [9.17, 15) is 4.79 Å². The van der Waals surface area contributed by atoms with Gasteiger partial charge in [0.05, 0.1) is 12.5 Å². The fourth-order valence-corrected chi connectivity index (χ4v) is 3.55. The van der Waals surface area contributed by atoms with Crippen molar-refractivity contribution in [3.8, 4) is 0 Å². The Hall–Kier alpha value is -1.38. The second-order valence-electron chi connectivity index (χ2n) is 6.08. The molecule has 21 heavy (non-hydrogen) atoms. The zero-order valence-electron chi connectivity index (χ0n) is 13.5. The Morgan fingerprint density at radius 3 is 2.57 bits per heavy atom. The quantitative estimate of drug-likeness (QED) is 0.761. The van der Waals surface area contributed by atoms with Crippen molar-refractivity contribution in [2.75, 3.05) is 6.61 Å². The van der Waals surface area contributed by atoms with Crippen LogP contribution in [0.15, 0.2) is 18.2 Å². The Bertz CT molecular complexity index is 464. The van der Waals surface area contributed by atoms with Crippen LogP contribution in [0, 0.1) is 18.8 Å². The Morgan fingerprint density at radius 1 is 1.29 bits per heavy atom. The van der Waals surface area contributed by atoms with Gasteiger partial charge in [-0.2, -0.15) is 0 Å². The van der Waals surface area contributed by atoms with Gasteiger partial charge >= 0.3 is 5.97 Å². The maximum atomic E-state index is 12.0. The molecule has 3 heteroatoms. The van der Waals surface area contributed by atoms with Gasteiger partial charge in [0, 0.05) is 17.3 Å². The van der Waals surface area contributed by atoms with Gasteiger partial charge in [-0.25, -0.2) is 0 Å². The highest BCUT2D eigenvalue weighted by atomic mass is 16.5. The van der Waals surface area contributed by atoms with Gasteiger partial charge in [-0.15, -0.1) is 0 Å². The lowest BCUT2D eigenvalue weighted by Gasteiger charge is -2.32. The summed E-state index contributed by atoms with van der Waals surface area (Å²) in [6.07, 6.45) is 5.38. The number of pyridine rings is 1. The largest absolute Gasteiger partial charge is 0.466 e. The maximum Gasteiger partial charge on any atom is 0.309 e. The molecule has 0 aromatic carbocycles. The number of esters is 1. The van der Waals surface area contributed by atoms with Crippen LogP contribution in [0.1, 0.15) is 63.3 Å². The number of carbonyl (C=O) groups excluding carboxylic acids is 1. The predicted octanol–water partition coefficient (Wildman–Crippen LogP) is 4.25. The second-order valence-corrected chi connectivity index (χ2v) is 6.08. The highest BCUT2D eigenvalue weighted by Gasteiger charge is 2.32. The fraction of sp³-hybridized carbons (Fsp3) is 0.667. The molecule has 1 aromatic rings. The lowest BCUT2D eigenvalue weighted by Crippen LogP contribution is -2.28. The third-order valence-corrected chi connectivity index (χ3v) is 4.70. The molecule has 0 bridgehead atoms. The van der Waals surface area contributed by atoms with Crippen LogP contribution in [0.3, 0.4) is 0 Å². The zero-order valence-corrected chi connectivity index (χ0v) is 13.5. The summed E-state index contributed by atoms with van der Waals surface area (Å²) in [6.45, 7) is 6.50. The SMILES string of the molecule is CCOC(=O)C(CC)C1CCC(c2cccc(C)n2)CC1. The molecular formula is C18H27NO2. The first-order valence-electron chi connectivity index (χ1n) is 8.25. The van der Waals surface area contributed by atoms with E-state index >= 15 is 0 Å². The molecular weight excluding hydrogens is 262 g/mol. The maximum absolute atomic E-state index is 12.0. The van der Waals surface area contributed by atoms with E-state index < -0.39 is 0 Å². The first kappa shape index (κ1) is 16.0. The van der Waals surface area contributed by atoms with E-state index in [4.69, 9.17) is 4.74 Å². The van der Waals surface area contributed by atoms with Crippen LogP contribution < -0.4 is 0 Å². The van der Waals surface area contributed by atoms with E-state index in [1.807, 2.05) is 19.9 Å². The van der Waals surface area contributed by atoms with Gasteiger partial charge in [-0.3, -0.25) is 9.78 Å². The van der Waals surface area contributed by atoms with Crippen molar-refractivity contribution in [2.24, 2.45) is 11.8 Å². The van der Waals surface area contributed by atoms with Crippen LogP contribution in [0.4, 0.5) is 0 Å². The van der Waals surface area contributed by atoms with Crippen LogP contribution in [-0.2, 0) is 9.53 Å². The molecule has 3 nitrogen and oxygen atoms in total. The summed E-state index contributed by atoms with van der Waals surface area (Å²) in [6, 6.07) is 6.28. The molecule has 1 heterocycles. The normalized spacial score (nSPS) is 23.6. The molecule has 1 fully saturated rings. The Morgan fingerprint density at radius 2 is 2.00 bits per heavy atom. The van der Waals surface area contributed by atoms with E-state index in [2.05, 4.69) is 24.0 Å². The van der Waals surface area contributed by atoms with Gasteiger partial charge in [-0.1, -0.05) is 13.0 Å². The summed E-state index contributed by atoms with van der Waals surface area (Å²) in [5.74, 6) is 1.12. The highest BCUT2D eigenvalue weighted by Crippen LogP contribution is 2.39. The fourth-order valence-electron chi connectivity index (χ4n) is 3.55. The molecule has 116 valence electrons. The summed E-state index contributed by atoms with van der Waals surface area (Å²) >= 11 is 0. The molecule has 1 unspecified atom stereocenters. The van der Waals surface area contributed by atoms with E-state index in [1.165, 1.54) is 5.69 Å². The van der Waals surface area contributed by atoms with Crippen LogP contribution in [-0.4, -0.2) is 17.6 Å². The number of carbonyl (C=O) groups is 1. The number of aryl methyl sites for hydroxylation is 1. The molecule has 0 N–H and O–H groups in total. The zero-order chi connectivity index (χ0) is 15.2. The molecule has 0 radical (unpaired) electrons. The van der Waals surface area contributed by atoms with Crippen LogP contribution in [0.2, 0.25) is 0 Å². The molecule has 1 atom stereocenters. The topological polar surface area (TPSA) is 39.2 Å². The minimum atomic E-state index is -0.00266. The predicted molar refractivity (Wildman–Crippen MR) is 84.1 cm³/mol. The molecule has 0 saturated heterocycles. The molecule has 1 aromatic heterocycles. The molecule has 1 aliphatic rings. The Labute approximate surface area is 128 Å². The van der Waals surface area contributed by atoms with Gasteiger partial charge in [0.15, 0.2) is 0 Å². The average molecular weight is 289 g/mol. The minimum Gasteiger partial charge on any atom is -0.466 e. The van der Waals surface area contributed by atoms with E-state index in [1.54, 1.807) is 0 Å². The summed E-state index contributed by atoms with van der Waals surface area (Å²) in [7, 11) is 0. The summed E-state index contributed by atoms with van der Waals surface area (Å²) in [5, 5.41) is 0. The van der Waals surface area contributed by atoms with Crippen molar-refractivity contribution in [1.82, 2.24) is 4.98 Å². The van der Waals surface area contributed by atoms with E-state index in [-0.39, 0.29) is 11.9 Å². The number of nitrogens with zero attached hydrogens (tertiary/aromatic N) is 1. The molecule has 2 rings (SSSR count). The van der Waals surface area contributed by atoms with Crippen molar-refractivity contribution in [2.45, 2.75) is 58.8 Å².